The van der Waals surface area contributed by atoms with Gasteiger partial charge in [0.2, 0.25) is 11.2 Å². The predicted molar refractivity (Wildman–Crippen MR) is 87.8 cm³/mol. The van der Waals surface area contributed by atoms with Crippen LogP contribution in [0.5, 0.6) is 0 Å². The molecule has 0 radical (unpaired) electrons. The number of carbonyl (C=O) groups excluding carboxylic acids is 1. The van der Waals surface area contributed by atoms with Gasteiger partial charge in [-0.2, -0.15) is 9.97 Å². The summed E-state index contributed by atoms with van der Waals surface area (Å²) in [5.41, 5.74) is 0.975. The Morgan fingerprint density at radius 2 is 2.17 bits per heavy atom. The van der Waals surface area contributed by atoms with Gasteiger partial charge in [0.1, 0.15) is 12.2 Å². The van der Waals surface area contributed by atoms with E-state index in [1.165, 1.54) is 6.33 Å². The highest BCUT2D eigenvalue weighted by Crippen LogP contribution is 2.34. The Kier molecular flexibility index (Phi) is 4.57. The highest BCUT2D eigenvalue weighted by atomic mass is 35.5. The lowest BCUT2D eigenvalue weighted by Crippen LogP contribution is -2.42. The molecule has 130 valence electrons. The van der Waals surface area contributed by atoms with Crippen LogP contribution in [-0.2, 0) is 4.79 Å². The summed E-state index contributed by atoms with van der Waals surface area (Å²) in [6, 6.07) is -1.01. The molecule has 9 nitrogen and oxygen atoms in total. The van der Waals surface area contributed by atoms with Crippen LogP contribution in [0.1, 0.15) is 25.8 Å². The smallest absolute Gasteiger partial charge is 0.226 e. The van der Waals surface area contributed by atoms with Crippen molar-refractivity contribution in [3.8, 4) is 0 Å². The SMILES string of the molecule is CCC(=O)N[C@H]1C[C@@H](n2cnc3c(NC)nc(Cl)nc32)[C@H](O)[C@@H]1O. The Labute approximate surface area is 143 Å². The van der Waals surface area contributed by atoms with E-state index in [0.717, 1.165) is 0 Å². The highest BCUT2D eigenvalue weighted by Gasteiger charge is 2.43. The first-order valence-corrected chi connectivity index (χ1v) is 8.07. The van der Waals surface area contributed by atoms with E-state index in [-0.39, 0.29) is 11.2 Å². The normalized spacial score (nSPS) is 26.7. The minimum atomic E-state index is -1.07. The number of imidazole rings is 1. The first-order chi connectivity index (χ1) is 11.5. The molecule has 0 aliphatic heterocycles. The maximum Gasteiger partial charge on any atom is 0.226 e. The third-order valence-electron chi connectivity index (χ3n) is 4.31. The number of hydrogen-bond donors (Lipinski definition) is 4. The van der Waals surface area contributed by atoms with Crippen molar-refractivity contribution in [3.63, 3.8) is 0 Å². The van der Waals surface area contributed by atoms with Gasteiger partial charge in [0.25, 0.3) is 0 Å². The van der Waals surface area contributed by atoms with Gasteiger partial charge in [-0.05, 0) is 18.0 Å². The molecule has 3 rings (SSSR count). The zero-order chi connectivity index (χ0) is 17.4. The number of aromatic nitrogens is 4. The van der Waals surface area contributed by atoms with Crippen LogP contribution in [0.3, 0.4) is 0 Å². The van der Waals surface area contributed by atoms with Crippen LogP contribution in [0.15, 0.2) is 6.33 Å². The topological polar surface area (TPSA) is 125 Å². The fourth-order valence-corrected chi connectivity index (χ4v) is 3.21. The number of halogens is 1. The molecule has 0 spiro atoms. The molecule has 4 atom stereocenters. The summed E-state index contributed by atoms with van der Waals surface area (Å²) in [5, 5.41) is 26.3. The van der Waals surface area contributed by atoms with E-state index in [2.05, 4.69) is 25.6 Å². The summed E-state index contributed by atoms with van der Waals surface area (Å²) in [6.07, 6.45) is 0.0733. The number of aliphatic hydroxyl groups excluding tert-OH is 2. The van der Waals surface area contributed by atoms with Gasteiger partial charge in [-0.1, -0.05) is 6.92 Å². The number of fused-ring (bicyclic) bond motifs is 1. The van der Waals surface area contributed by atoms with Gasteiger partial charge in [0.15, 0.2) is 17.0 Å². The minimum Gasteiger partial charge on any atom is -0.388 e. The summed E-state index contributed by atoms with van der Waals surface area (Å²) >= 11 is 5.95. The lowest BCUT2D eigenvalue weighted by molar-refractivity contribution is -0.122. The fourth-order valence-electron chi connectivity index (χ4n) is 3.04. The van der Waals surface area contributed by atoms with E-state index in [9.17, 15) is 15.0 Å². The fraction of sp³-hybridized carbons (Fsp3) is 0.571. The van der Waals surface area contributed by atoms with E-state index in [0.29, 0.717) is 29.8 Å². The average molecular weight is 355 g/mol. The number of rotatable bonds is 4. The summed E-state index contributed by atoms with van der Waals surface area (Å²) in [7, 11) is 1.70. The molecular weight excluding hydrogens is 336 g/mol. The second kappa shape index (κ2) is 6.50. The van der Waals surface area contributed by atoms with Crippen molar-refractivity contribution in [2.24, 2.45) is 0 Å². The molecular formula is C14H19ClN6O3. The Morgan fingerprint density at radius 3 is 2.83 bits per heavy atom. The lowest BCUT2D eigenvalue weighted by Gasteiger charge is -2.18. The maximum atomic E-state index is 11.6. The van der Waals surface area contributed by atoms with Crippen molar-refractivity contribution in [2.45, 2.75) is 44.1 Å². The molecule has 0 unspecified atom stereocenters. The molecule has 1 aliphatic carbocycles. The number of nitrogens with zero attached hydrogens (tertiary/aromatic N) is 4. The largest absolute Gasteiger partial charge is 0.388 e. The molecule has 1 fully saturated rings. The van der Waals surface area contributed by atoms with Crippen molar-refractivity contribution in [1.29, 1.82) is 0 Å². The Morgan fingerprint density at radius 1 is 1.42 bits per heavy atom. The standard InChI is InChI=1S/C14H19ClN6O3/c1-3-8(22)18-6-4-7(11(24)10(6)23)21-5-17-9-12(16-2)19-14(15)20-13(9)21/h5-7,10-11,23-24H,3-4H2,1-2H3,(H,18,22)(H,16,19,20)/t6-,7+,10+,11-/m0/s1. The summed E-state index contributed by atoms with van der Waals surface area (Å²) < 4.78 is 1.66. The molecule has 2 aromatic rings. The van der Waals surface area contributed by atoms with Gasteiger partial charge in [0.05, 0.1) is 18.4 Å². The number of nitrogens with one attached hydrogen (secondary N) is 2. The molecule has 1 saturated carbocycles. The highest BCUT2D eigenvalue weighted by molar-refractivity contribution is 6.28. The van der Waals surface area contributed by atoms with Gasteiger partial charge in [0, 0.05) is 13.5 Å². The van der Waals surface area contributed by atoms with Gasteiger partial charge >= 0.3 is 0 Å². The Hall–Kier alpha value is -1.97. The molecule has 4 N–H and O–H groups in total. The van der Waals surface area contributed by atoms with Gasteiger partial charge < -0.3 is 25.4 Å². The van der Waals surface area contributed by atoms with E-state index in [4.69, 9.17) is 11.6 Å². The molecule has 2 aromatic heterocycles. The molecule has 0 aromatic carbocycles. The van der Waals surface area contributed by atoms with E-state index >= 15 is 0 Å². The maximum absolute atomic E-state index is 11.6. The number of anilines is 1. The summed E-state index contributed by atoms with van der Waals surface area (Å²) in [4.78, 5) is 24.1. The van der Waals surface area contributed by atoms with Crippen molar-refractivity contribution in [3.05, 3.63) is 11.6 Å². The molecule has 1 amide bonds. The van der Waals surface area contributed by atoms with Crippen LogP contribution in [0.25, 0.3) is 11.2 Å². The Bertz CT molecular complexity index is 766. The minimum absolute atomic E-state index is 0.0532. The molecule has 2 heterocycles. The average Bonchev–Trinajstić information content (AvgIpc) is 3.10. The van der Waals surface area contributed by atoms with Crippen molar-refractivity contribution in [2.75, 3.05) is 12.4 Å². The quantitative estimate of drug-likeness (QED) is 0.573. The van der Waals surface area contributed by atoms with Crippen LogP contribution in [0, 0.1) is 0 Å². The molecule has 10 heteroatoms. The molecule has 24 heavy (non-hydrogen) atoms. The third kappa shape index (κ3) is 2.79. The number of aliphatic hydroxyl groups is 2. The Balaban J connectivity index is 1.96. The monoisotopic (exact) mass is 354 g/mol. The number of hydrogen-bond acceptors (Lipinski definition) is 7. The first-order valence-electron chi connectivity index (χ1n) is 7.69. The number of carbonyl (C=O) groups is 1. The number of amides is 1. The zero-order valence-corrected chi connectivity index (χ0v) is 14.0. The van der Waals surface area contributed by atoms with Crippen LogP contribution in [0.4, 0.5) is 5.82 Å². The van der Waals surface area contributed by atoms with E-state index in [1.54, 1.807) is 18.5 Å². The van der Waals surface area contributed by atoms with Gasteiger partial charge in [-0.3, -0.25) is 4.79 Å². The van der Waals surface area contributed by atoms with Crippen LogP contribution in [0.2, 0.25) is 5.28 Å². The second-order valence-electron chi connectivity index (χ2n) is 5.73. The lowest BCUT2D eigenvalue weighted by atomic mass is 10.2. The van der Waals surface area contributed by atoms with E-state index < -0.39 is 24.3 Å². The van der Waals surface area contributed by atoms with Crippen LogP contribution in [-0.4, -0.2) is 60.9 Å². The zero-order valence-electron chi connectivity index (χ0n) is 13.3. The van der Waals surface area contributed by atoms with E-state index in [1.807, 2.05) is 0 Å². The third-order valence-corrected chi connectivity index (χ3v) is 4.48. The predicted octanol–water partition coefficient (Wildman–Crippen LogP) is 0.0828. The molecule has 0 saturated heterocycles. The van der Waals surface area contributed by atoms with Gasteiger partial charge in [-0.25, -0.2) is 4.98 Å². The summed E-state index contributed by atoms with van der Waals surface area (Å²) in [5.74, 6) is 0.304. The van der Waals surface area contributed by atoms with Crippen molar-refractivity contribution >= 4 is 34.5 Å². The van der Waals surface area contributed by atoms with Crippen molar-refractivity contribution < 1.29 is 15.0 Å². The second-order valence-corrected chi connectivity index (χ2v) is 6.07. The molecule has 0 bridgehead atoms. The first kappa shape index (κ1) is 16.9. The summed E-state index contributed by atoms with van der Waals surface area (Å²) in [6.45, 7) is 1.73. The van der Waals surface area contributed by atoms with Crippen LogP contribution < -0.4 is 10.6 Å². The van der Waals surface area contributed by atoms with Crippen molar-refractivity contribution in [1.82, 2.24) is 24.8 Å². The van der Waals surface area contributed by atoms with Gasteiger partial charge in [-0.15, -0.1) is 0 Å². The molecule has 1 aliphatic rings. The van der Waals surface area contributed by atoms with Crippen LogP contribution >= 0.6 is 11.6 Å².